The predicted molar refractivity (Wildman–Crippen MR) is 131 cm³/mol. The first-order valence-electron chi connectivity index (χ1n) is 13.5. The summed E-state index contributed by atoms with van der Waals surface area (Å²) in [4.78, 5) is 12.2. The van der Waals surface area contributed by atoms with Crippen molar-refractivity contribution >= 4 is 5.78 Å². The molecule has 5 atom stereocenters. The number of ether oxygens (including phenoxy) is 1. The number of benzene rings is 1. The van der Waals surface area contributed by atoms with E-state index in [1.165, 1.54) is 6.92 Å². The van der Waals surface area contributed by atoms with Crippen molar-refractivity contribution in [3.63, 3.8) is 0 Å². The summed E-state index contributed by atoms with van der Waals surface area (Å²) in [5, 5.41) is 11.4. The second-order valence-corrected chi connectivity index (χ2v) is 12.6. The molecule has 0 bridgehead atoms. The van der Waals surface area contributed by atoms with Gasteiger partial charge in [-0.25, -0.2) is 0 Å². The Labute approximate surface area is 219 Å². The first-order chi connectivity index (χ1) is 17.7. The molecule has 1 heterocycles. The van der Waals surface area contributed by atoms with Gasteiger partial charge in [0.2, 0.25) is 0 Å². The van der Waals surface area contributed by atoms with Crippen LogP contribution in [0.4, 0.5) is 22.0 Å². The number of hydrogen-bond acceptors (Lipinski definition) is 3. The summed E-state index contributed by atoms with van der Waals surface area (Å²) in [5.41, 5.74) is 0.166. The summed E-state index contributed by atoms with van der Waals surface area (Å²) >= 11 is 0. The van der Waals surface area contributed by atoms with E-state index in [0.717, 1.165) is 27.8 Å². The highest BCUT2D eigenvalue weighted by atomic mass is 19.4. The van der Waals surface area contributed by atoms with Crippen LogP contribution >= 0.6 is 0 Å². The topological polar surface area (TPSA) is 46.5 Å². The van der Waals surface area contributed by atoms with Crippen LogP contribution in [0.15, 0.2) is 47.1 Å². The minimum atomic E-state index is -5.85. The third-order valence-electron chi connectivity index (χ3n) is 10.6. The van der Waals surface area contributed by atoms with Crippen LogP contribution in [-0.4, -0.2) is 41.8 Å². The lowest BCUT2D eigenvalue weighted by molar-refractivity contribution is -0.362. The Hall–Kier alpha value is -2.06. The molecule has 1 saturated heterocycles. The Morgan fingerprint density at radius 2 is 1.66 bits per heavy atom. The van der Waals surface area contributed by atoms with Gasteiger partial charge in [0.1, 0.15) is 5.60 Å². The van der Waals surface area contributed by atoms with Crippen LogP contribution < -0.4 is 0 Å². The number of carbonyl (C=O) groups excluding carboxylic acids is 1. The van der Waals surface area contributed by atoms with Crippen LogP contribution in [0.3, 0.4) is 0 Å². The van der Waals surface area contributed by atoms with Crippen LogP contribution in [0, 0.1) is 17.3 Å². The summed E-state index contributed by atoms with van der Waals surface area (Å²) in [6.45, 7) is 4.77. The second kappa shape index (κ2) is 8.23. The molecule has 3 fully saturated rings. The molecule has 5 aliphatic rings. The smallest absolute Gasteiger partial charge is 0.383 e. The van der Waals surface area contributed by atoms with Crippen molar-refractivity contribution in [2.45, 2.75) is 87.8 Å². The van der Waals surface area contributed by atoms with Crippen LogP contribution in [0.25, 0.3) is 0 Å². The number of carbonyl (C=O) groups is 1. The van der Waals surface area contributed by atoms with Crippen molar-refractivity contribution in [1.82, 2.24) is 0 Å². The molecule has 6 rings (SSSR count). The van der Waals surface area contributed by atoms with Gasteiger partial charge in [0.15, 0.2) is 5.78 Å². The number of ketones is 1. The maximum atomic E-state index is 15.1. The molecule has 1 aliphatic heterocycles. The third-order valence-corrected chi connectivity index (χ3v) is 10.6. The molecule has 4 aliphatic carbocycles. The number of allylic oxidation sites excluding steroid dienone is 4. The van der Waals surface area contributed by atoms with Gasteiger partial charge in [-0.3, -0.25) is 4.79 Å². The Kier molecular flexibility index (Phi) is 5.67. The molecule has 3 nitrogen and oxygen atoms in total. The minimum absolute atomic E-state index is 0.00385. The quantitative estimate of drug-likeness (QED) is 0.432. The van der Waals surface area contributed by atoms with Gasteiger partial charge in [-0.05, 0) is 78.7 Å². The molecular formula is C30H33F5O3. The molecule has 2 saturated carbocycles. The third kappa shape index (κ3) is 3.41. The van der Waals surface area contributed by atoms with Crippen molar-refractivity contribution in [3.05, 3.63) is 58.2 Å². The minimum Gasteiger partial charge on any atom is -0.383 e. The van der Waals surface area contributed by atoms with E-state index in [1.807, 2.05) is 24.3 Å². The number of alkyl halides is 5. The fourth-order valence-corrected chi connectivity index (χ4v) is 8.41. The number of aliphatic hydroxyl groups is 1. The highest BCUT2D eigenvalue weighted by Crippen LogP contribution is 2.70. The van der Waals surface area contributed by atoms with E-state index < -0.39 is 41.4 Å². The van der Waals surface area contributed by atoms with Crippen LogP contribution in [0.1, 0.15) is 75.8 Å². The van der Waals surface area contributed by atoms with E-state index in [9.17, 15) is 23.1 Å². The highest BCUT2D eigenvalue weighted by Gasteiger charge is 2.79. The maximum absolute atomic E-state index is 15.1. The van der Waals surface area contributed by atoms with Crippen LogP contribution in [-0.2, 0) is 14.9 Å². The van der Waals surface area contributed by atoms with Crippen molar-refractivity contribution in [2.24, 2.45) is 17.3 Å². The zero-order chi connectivity index (χ0) is 27.3. The highest BCUT2D eigenvalue weighted by molar-refractivity contribution is 5.93. The number of hydrogen-bond donors (Lipinski definition) is 1. The standard InChI is InChI=1S/C30H33F5O3/c1-26(15-38-16-26)19-6-3-17(4-7-19)23-14-27(2)24(11-12-28(27,37)29(31,32)30(33,34)35)22-9-5-18-13-20(36)8-10-21(18)25(22)23/h3-4,6-7,13,22-24,37H,5,8-12,14-16H2,1-2H3/t22?,23-,24?,27+,28+/m1/s1. The van der Waals surface area contributed by atoms with Crippen LogP contribution in [0.2, 0.25) is 0 Å². The van der Waals surface area contributed by atoms with Gasteiger partial charge >= 0.3 is 12.1 Å². The maximum Gasteiger partial charge on any atom is 0.456 e. The molecule has 1 N–H and O–H groups in total. The van der Waals surface area contributed by atoms with Gasteiger partial charge in [0.05, 0.1) is 13.2 Å². The number of fused-ring (bicyclic) bond motifs is 4. The first-order valence-corrected chi connectivity index (χ1v) is 13.5. The molecule has 2 unspecified atom stereocenters. The van der Waals surface area contributed by atoms with E-state index in [2.05, 4.69) is 6.92 Å². The normalized spacial score (nSPS) is 36.7. The largest absolute Gasteiger partial charge is 0.456 e. The molecule has 206 valence electrons. The Bertz CT molecular complexity index is 1230. The second-order valence-electron chi connectivity index (χ2n) is 12.6. The van der Waals surface area contributed by atoms with Gasteiger partial charge in [0, 0.05) is 23.2 Å². The average molecular weight is 537 g/mol. The molecular weight excluding hydrogens is 503 g/mol. The van der Waals surface area contributed by atoms with Crippen molar-refractivity contribution in [1.29, 1.82) is 0 Å². The van der Waals surface area contributed by atoms with Crippen molar-refractivity contribution in [3.8, 4) is 0 Å². The Morgan fingerprint density at radius 1 is 0.974 bits per heavy atom. The lowest BCUT2D eigenvalue weighted by Gasteiger charge is -2.56. The molecule has 0 spiro atoms. The molecule has 0 amide bonds. The van der Waals surface area contributed by atoms with E-state index in [4.69, 9.17) is 4.74 Å². The molecule has 1 aromatic carbocycles. The monoisotopic (exact) mass is 536 g/mol. The zero-order valence-electron chi connectivity index (χ0n) is 21.6. The molecule has 1 aromatic rings. The fraction of sp³-hybridized carbons (Fsp3) is 0.633. The zero-order valence-corrected chi connectivity index (χ0v) is 21.6. The summed E-state index contributed by atoms with van der Waals surface area (Å²) in [6, 6.07) is 7.92. The average Bonchev–Trinajstić information content (AvgIpc) is 3.13. The van der Waals surface area contributed by atoms with E-state index >= 15 is 8.78 Å². The Morgan fingerprint density at radius 3 is 2.26 bits per heavy atom. The van der Waals surface area contributed by atoms with Gasteiger partial charge in [-0.15, -0.1) is 0 Å². The van der Waals surface area contributed by atoms with Gasteiger partial charge < -0.3 is 9.84 Å². The lowest BCUT2D eigenvalue weighted by Crippen LogP contribution is -2.65. The Balaban J connectivity index is 1.49. The first kappa shape index (κ1) is 26.2. The van der Waals surface area contributed by atoms with Gasteiger partial charge in [-0.1, -0.05) is 43.7 Å². The molecule has 38 heavy (non-hydrogen) atoms. The molecule has 0 radical (unpaired) electrons. The predicted octanol–water partition coefficient (Wildman–Crippen LogP) is 6.80. The summed E-state index contributed by atoms with van der Waals surface area (Å²) in [7, 11) is 0. The van der Waals surface area contributed by atoms with Crippen molar-refractivity contribution in [2.75, 3.05) is 13.2 Å². The lowest BCUT2D eigenvalue weighted by atomic mass is 9.50. The number of rotatable bonds is 3. The molecule has 8 heteroatoms. The molecule has 0 aromatic heterocycles. The summed E-state index contributed by atoms with van der Waals surface area (Å²) < 4.78 is 76.6. The van der Waals surface area contributed by atoms with Crippen LogP contribution in [0.5, 0.6) is 0 Å². The van der Waals surface area contributed by atoms with Crippen molar-refractivity contribution < 1.29 is 36.6 Å². The van der Waals surface area contributed by atoms with E-state index in [1.54, 1.807) is 6.08 Å². The van der Waals surface area contributed by atoms with E-state index in [-0.39, 0.29) is 30.0 Å². The van der Waals surface area contributed by atoms with Gasteiger partial charge in [0.25, 0.3) is 0 Å². The fourth-order valence-electron chi connectivity index (χ4n) is 8.41. The summed E-state index contributed by atoms with van der Waals surface area (Å²) in [5.74, 6) is -6.28. The SMILES string of the molecule is CC1(c2ccc([C@H]3C[C@@]4(C)C(CC[C@@]4(O)C(F)(F)C(F)(F)F)C4CCC5=CC(=O)CCC5=C43)cc2)COC1. The van der Waals surface area contributed by atoms with Gasteiger partial charge in [-0.2, -0.15) is 22.0 Å². The van der Waals surface area contributed by atoms with E-state index in [0.29, 0.717) is 38.9 Å². The number of halogens is 5. The summed E-state index contributed by atoms with van der Waals surface area (Å²) in [6.07, 6.45) is -2.53.